The van der Waals surface area contributed by atoms with Crippen molar-refractivity contribution in [2.45, 2.75) is 26.4 Å². The number of amides is 1. The smallest absolute Gasteiger partial charge is 0.254 e. The van der Waals surface area contributed by atoms with Gasteiger partial charge in [0.2, 0.25) is 0 Å². The van der Waals surface area contributed by atoms with Crippen LogP contribution in [-0.2, 0) is 5.60 Å². The molecule has 0 saturated heterocycles. The second-order valence-electron chi connectivity index (χ2n) is 5.93. The molecule has 3 rings (SSSR count). The molecule has 2 heterocycles. The van der Waals surface area contributed by atoms with Gasteiger partial charge in [-0.1, -0.05) is 18.2 Å². The van der Waals surface area contributed by atoms with Crippen molar-refractivity contribution in [2.24, 2.45) is 0 Å². The average Bonchev–Trinajstić information content (AvgIpc) is 3.08. The molecule has 4 nitrogen and oxygen atoms in total. The van der Waals surface area contributed by atoms with Gasteiger partial charge < -0.3 is 14.8 Å². The highest BCUT2D eigenvalue weighted by molar-refractivity contribution is 7.19. The van der Waals surface area contributed by atoms with Crippen LogP contribution in [0, 0.1) is 13.8 Å². The number of hydrogen-bond acceptors (Lipinski definition) is 4. The minimum atomic E-state index is -1.12. The number of carbonyl (C=O) groups is 1. The van der Waals surface area contributed by atoms with Crippen LogP contribution in [0.5, 0.6) is 0 Å². The SMILES string of the molecule is Cc1cc(C(=O)NC[C@](C)(O)c2cc3ccccc3s2)c(C)o1. The monoisotopic (exact) mass is 329 g/mol. The Hall–Kier alpha value is -2.11. The van der Waals surface area contributed by atoms with Crippen molar-refractivity contribution in [1.82, 2.24) is 5.32 Å². The first-order valence-corrected chi connectivity index (χ1v) is 8.25. The fourth-order valence-electron chi connectivity index (χ4n) is 2.54. The van der Waals surface area contributed by atoms with E-state index in [0.29, 0.717) is 17.1 Å². The first-order valence-electron chi connectivity index (χ1n) is 7.43. The number of hydrogen-bond donors (Lipinski definition) is 2. The minimum Gasteiger partial charge on any atom is -0.466 e. The van der Waals surface area contributed by atoms with Crippen LogP contribution in [0.3, 0.4) is 0 Å². The lowest BCUT2D eigenvalue weighted by Crippen LogP contribution is -2.38. The molecule has 0 spiro atoms. The van der Waals surface area contributed by atoms with E-state index in [4.69, 9.17) is 4.42 Å². The van der Waals surface area contributed by atoms with Crippen LogP contribution in [0.1, 0.15) is 33.7 Å². The molecular formula is C18H19NO3S. The Morgan fingerprint density at radius 3 is 2.70 bits per heavy atom. The van der Waals surface area contributed by atoms with Crippen LogP contribution in [-0.4, -0.2) is 17.6 Å². The third-order valence-electron chi connectivity index (χ3n) is 3.84. The van der Waals surface area contributed by atoms with Gasteiger partial charge in [-0.15, -0.1) is 11.3 Å². The lowest BCUT2D eigenvalue weighted by molar-refractivity contribution is 0.0557. The summed E-state index contributed by atoms with van der Waals surface area (Å²) in [6.45, 7) is 5.41. The molecule has 0 fully saturated rings. The molecular weight excluding hydrogens is 310 g/mol. The molecule has 0 aliphatic heterocycles. The zero-order valence-electron chi connectivity index (χ0n) is 13.3. The molecule has 0 radical (unpaired) electrons. The zero-order valence-corrected chi connectivity index (χ0v) is 14.2. The average molecular weight is 329 g/mol. The molecule has 0 unspecified atom stereocenters. The van der Waals surface area contributed by atoms with Crippen LogP contribution >= 0.6 is 11.3 Å². The van der Waals surface area contributed by atoms with Crippen molar-refractivity contribution in [3.05, 3.63) is 58.4 Å². The molecule has 1 amide bonds. The lowest BCUT2D eigenvalue weighted by atomic mass is 10.0. The third kappa shape index (κ3) is 3.16. The summed E-state index contributed by atoms with van der Waals surface area (Å²) in [5.74, 6) is 1.05. The Kier molecular flexibility index (Phi) is 4.00. The van der Waals surface area contributed by atoms with E-state index in [2.05, 4.69) is 5.32 Å². The van der Waals surface area contributed by atoms with Crippen molar-refractivity contribution in [3.8, 4) is 0 Å². The topological polar surface area (TPSA) is 62.5 Å². The van der Waals surface area contributed by atoms with Gasteiger partial charge in [0.25, 0.3) is 5.91 Å². The van der Waals surface area contributed by atoms with Crippen molar-refractivity contribution in [1.29, 1.82) is 0 Å². The minimum absolute atomic E-state index is 0.141. The Morgan fingerprint density at radius 1 is 1.30 bits per heavy atom. The zero-order chi connectivity index (χ0) is 16.6. The molecule has 5 heteroatoms. The molecule has 1 atom stereocenters. The van der Waals surface area contributed by atoms with Gasteiger partial charge in [-0.2, -0.15) is 0 Å². The number of furan rings is 1. The quantitative estimate of drug-likeness (QED) is 0.766. The summed E-state index contributed by atoms with van der Waals surface area (Å²) in [7, 11) is 0. The molecule has 0 aliphatic rings. The summed E-state index contributed by atoms with van der Waals surface area (Å²) in [5, 5.41) is 14.6. The molecule has 2 N–H and O–H groups in total. The summed E-state index contributed by atoms with van der Waals surface area (Å²) in [4.78, 5) is 13.1. The molecule has 3 aromatic rings. The normalized spacial score (nSPS) is 13.9. The summed E-state index contributed by atoms with van der Waals surface area (Å²) in [6.07, 6.45) is 0. The maximum atomic E-state index is 12.3. The Labute approximate surface area is 138 Å². The van der Waals surface area contributed by atoms with Crippen LogP contribution in [0.4, 0.5) is 0 Å². The van der Waals surface area contributed by atoms with Gasteiger partial charge in [0.05, 0.1) is 12.1 Å². The number of fused-ring (bicyclic) bond motifs is 1. The molecule has 0 bridgehead atoms. The van der Waals surface area contributed by atoms with E-state index >= 15 is 0 Å². The fourth-order valence-corrected chi connectivity index (χ4v) is 3.64. The summed E-state index contributed by atoms with van der Waals surface area (Å²) >= 11 is 1.54. The Morgan fingerprint density at radius 2 is 2.04 bits per heavy atom. The highest BCUT2D eigenvalue weighted by atomic mass is 32.1. The van der Waals surface area contributed by atoms with Crippen LogP contribution < -0.4 is 5.32 Å². The van der Waals surface area contributed by atoms with E-state index < -0.39 is 5.60 Å². The summed E-state index contributed by atoms with van der Waals surface area (Å²) < 4.78 is 6.49. The number of benzene rings is 1. The van der Waals surface area contributed by atoms with Gasteiger partial charge >= 0.3 is 0 Å². The van der Waals surface area contributed by atoms with Crippen molar-refractivity contribution in [2.75, 3.05) is 6.54 Å². The largest absolute Gasteiger partial charge is 0.466 e. The highest BCUT2D eigenvalue weighted by Gasteiger charge is 2.27. The van der Waals surface area contributed by atoms with Gasteiger partial charge in [-0.3, -0.25) is 4.79 Å². The van der Waals surface area contributed by atoms with Gasteiger partial charge in [0.15, 0.2) is 0 Å². The van der Waals surface area contributed by atoms with Crippen LogP contribution in [0.15, 0.2) is 40.8 Å². The number of thiophene rings is 1. The first-order chi connectivity index (χ1) is 10.9. The first kappa shape index (κ1) is 15.8. The Balaban J connectivity index is 1.75. The Bertz CT molecular complexity index is 827. The molecule has 120 valence electrons. The number of aliphatic hydroxyl groups is 1. The van der Waals surface area contributed by atoms with Crippen LogP contribution in [0.25, 0.3) is 10.1 Å². The van der Waals surface area contributed by atoms with E-state index in [0.717, 1.165) is 15.0 Å². The van der Waals surface area contributed by atoms with Gasteiger partial charge in [-0.05, 0) is 44.4 Å². The molecule has 0 saturated carbocycles. The molecule has 23 heavy (non-hydrogen) atoms. The highest BCUT2D eigenvalue weighted by Crippen LogP contribution is 2.32. The fraction of sp³-hybridized carbons (Fsp3) is 0.278. The van der Waals surface area contributed by atoms with E-state index in [9.17, 15) is 9.90 Å². The van der Waals surface area contributed by atoms with Crippen molar-refractivity contribution >= 4 is 27.3 Å². The summed E-state index contributed by atoms with van der Waals surface area (Å²) in [5.41, 5.74) is -0.610. The predicted molar refractivity (Wildman–Crippen MR) is 91.9 cm³/mol. The maximum Gasteiger partial charge on any atom is 0.254 e. The standard InChI is InChI=1S/C18H19NO3S/c1-11-8-14(12(2)22-11)17(20)19-10-18(3,21)16-9-13-6-4-5-7-15(13)23-16/h4-9,21H,10H2,1-3H3,(H,19,20)/t18-/m0/s1. The van der Waals surface area contributed by atoms with E-state index in [-0.39, 0.29) is 12.5 Å². The number of rotatable bonds is 4. The van der Waals surface area contributed by atoms with E-state index in [1.54, 1.807) is 26.8 Å². The van der Waals surface area contributed by atoms with E-state index in [1.165, 1.54) is 11.3 Å². The predicted octanol–water partition coefficient (Wildman–Crippen LogP) is 3.75. The third-order valence-corrected chi connectivity index (χ3v) is 5.20. The second-order valence-corrected chi connectivity index (χ2v) is 7.02. The van der Waals surface area contributed by atoms with Gasteiger partial charge in [0, 0.05) is 9.58 Å². The molecule has 1 aromatic carbocycles. The lowest BCUT2D eigenvalue weighted by Gasteiger charge is -2.22. The van der Waals surface area contributed by atoms with Crippen molar-refractivity contribution < 1.29 is 14.3 Å². The number of nitrogens with one attached hydrogen (secondary N) is 1. The second kappa shape index (κ2) is 5.83. The maximum absolute atomic E-state index is 12.3. The van der Waals surface area contributed by atoms with E-state index in [1.807, 2.05) is 30.3 Å². The molecule has 0 aliphatic carbocycles. The van der Waals surface area contributed by atoms with Crippen LogP contribution in [0.2, 0.25) is 0 Å². The summed E-state index contributed by atoms with van der Waals surface area (Å²) in [6, 6.07) is 11.7. The van der Waals surface area contributed by atoms with Gasteiger partial charge in [-0.25, -0.2) is 0 Å². The van der Waals surface area contributed by atoms with Gasteiger partial charge in [0.1, 0.15) is 17.1 Å². The molecule has 2 aromatic heterocycles. The number of aryl methyl sites for hydroxylation is 2. The van der Waals surface area contributed by atoms with Crippen molar-refractivity contribution in [3.63, 3.8) is 0 Å². The number of carbonyl (C=O) groups excluding carboxylic acids is 1.